The standard InChI is InChI=1S/C31H43FO/c1-3-5-23-7-11-25(12-8-23)26-15-17-27(18-16-26)29-19-20-30(31(32)22-29)28-13-9-24(10-14-28)6-4-21-33-2/h15-20,22-25,28H,3-14,21H2,1-2H3. The zero-order valence-electron chi connectivity index (χ0n) is 20.8. The van der Waals surface area contributed by atoms with Gasteiger partial charge in [0.1, 0.15) is 5.82 Å². The number of rotatable bonds is 9. The molecule has 1 nitrogen and oxygen atoms in total. The fraction of sp³-hybridized carbons (Fsp3) is 0.613. The average molecular weight is 451 g/mol. The second kappa shape index (κ2) is 12.2. The van der Waals surface area contributed by atoms with Gasteiger partial charge in [0.15, 0.2) is 0 Å². The van der Waals surface area contributed by atoms with Crippen LogP contribution in [0.25, 0.3) is 11.1 Å². The third-order valence-electron chi connectivity index (χ3n) is 8.51. The van der Waals surface area contributed by atoms with Crippen molar-refractivity contribution >= 4 is 0 Å². The third-order valence-corrected chi connectivity index (χ3v) is 8.51. The first-order valence-corrected chi connectivity index (χ1v) is 13.6. The number of ether oxygens (including phenoxy) is 1. The van der Waals surface area contributed by atoms with E-state index in [-0.39, 0.29) is 5.82 Å². The normalized spacial score (nSPS) is 25.8. The maximum absolute atomic E-state index is 15.1. The van der Waals surface area contributed by atoms with E-state index in [0.717, 1.165) is 54.4 Å². The lowest BCUT2D eigenvalue weighted by atomic mass is 9.76. The molecular weight excluding hydrogens is 407 g/mol. The molecule has 2 aromatic rings. The maximum atomic E-state index is 15.1. The van der Waals surface area contributed by atoms with E-state index >= 15 is 4.39 Å². The Morgan fingerprint density at radius 1 is 0.758 bits per heavy atom. The van der Waals surface area contributed by atoms with E-state index in [9.17, 15) is 0 Å². The largest absolute Gasteiger partial charge is 0.385 e. The highest BCUT2D eigenvalue weighted by atomic mass is 19.1. The number of halogens is 1. The maximum Gasteiger partial charge on any atom is 0.127 e. The van der Waals surface area contributed by atoms with Crippen LogP contribution in [0.15, 0.2) is 42.5 Å². The van der Waals surface area contributed by atoms with Crippen molar-refractivity contribution in [2.24, 2.45) is 11.8 Å². The van der Waals surface area contributed by atoms with E-state index in [1.165, 1.54) is 63.4 Å². The van der Waals surface area contributed by atoms with Gasteiger partial charge >= 0.3 is 0 Å². The third kappa shape index (κ3) is 6.47. The van der Waals surface area contributed by atoms with Crippen LogP contribution in [0.5, 0.6) is 0 Å². The first-order chi connectivity index (χ1) is 16.2. The Morgan fingerprint density at radius 3 is 1.97 bits per heavy atom. The summed E-state index contributed by atoms with van der Waals surface area (Å²) in [6.07, 6.45) is 15.2. The predicted molar refractivity (Wildman–Crippen MR) is 137 cm³/mol. The summed E-state index contributed by atoms with van der Waals surface area (Å²) in [5, 5.41) is 0. The topological polar surface area (TPSA) is 9.23 Å². The van der Waals surface area contributed by atoms with Gasteiger partial charge in [-0.1, -0.05) is 56.2 Å². The molecule has 180 valence electrons. The van der Waals surface area contributed by atoms with E-state index in [4.69, 9.17) is 4.74 Å². The molecule has 33 heavy (non-hydrogen) atoms. The van der Waals surface area contributed by atoms with Crippen LogP contribution < -0.4 is 0 Å². The lowest BCUT2D eigenvalue weighted by Gasteiger charge is -2.29. The molecule has 0 heterocycles. The van der Waals surface area contributed by atoms with Crippen molar-refractivity contribution in [2.45, 2.75) is 95.8 Å². The van der Waals surface area contributed by atoms with Crippen LogP contribution in [0, 0.1) is 17.7 Å². The summed E-state index contributed by atoms with van der Waals surface area (Å²) < 4.78 is 20.3. The highest BCUT2D eigenvalue weighted by Gasteiger charge is 2.25. The predicted octanol–water partition coefficient (Wildman–Crippen LogP) is 9.27. The minimum atomic E-state index is -0.0198. The van der Waals surface area contributed by atoms with Crippen molar-refractivity contribution in [3.8, 4) is 11.1 Å². The van der Waals surface area contributed by atoms with Gasteiger partial charge in [0.25, 0.3) is 0 Å². The highest BCUT2D eigenvalue weighted by Crippen LogP contribution is 2.40. The van der Waals surface area contributed by atoms with Gasteiger partial charge in [-0.05, 0) is 116 Å². The van der Waals surface area contributed by atoms with Gasteiger partial charge < -0.3 is 4.74 Å². The highest BCUT2D eigenvalue weighted by molar-refractivity contribution is 5.64. The Morgan fingerprint density at radius 2 is 1.36 bits per heavy atom. The summed E-state index contributed by atoms with van der Waals surface area (Å²) >= 11 is 0. The summed E-state index contributed by atoms with van der Waals surface area (Å²) in [5.41, 5.74) is 4.52. The minimum Gasteiger partial charge on any atom is -0.385 e. The lowest BCUT2D eigenvalue weighted by molar-refractivity contribution is 0.180. The van der Waals surface area contributed by atoms with Gasteiger partial charge in [-0.25, -0.2) is 4.39 Å². The molecule has 2 fully saturated rings. The molecule has 2 aliphatic rings. The van der Waals surface area contributed by atoms with Crippen LogP contribution in [0.3, 0.4) is 0 Å². The van der Waals surface area contributed by atoms with Crippen LogP contribution in [-0.4, -0.2) is 13.7 Å². The Kier molecular flexibility index (Phi) is 9.01. The Bertz CT molecular complexity index is 842. The molecule has 2 aromatic carbocycles. The van der Waals surface area contributed by atoms with Crippen molar-refractivity contribution in [2.75, 3.05) is 13.7 Å². The zero-order chi connectivity index (χ0) is 23.0. The first-order valence-electron chi connectivity index (χ1n) is 13.6. The smallest absolute Gasteiger partial charge is 0.127 e. The van der Waals surface area contributed by atoms with Crippen LogP contribution in [-0.2, 0) is 4.74 Å². The van der Waals surface area contributed by atoms with Crippen molar-refractivity contribution in [1.29, 1.82) is 0 Å². The van der Waals surface area contributed by atoms with Gasteiger partial charge in [-0.3, -0.25) is 0 Å². The first kappa shape index (κ1) is 24.5. The molecule has 0 radical (unpaired) electrons. The van der Waals surface area contributed by atoms with Crippen molar-refractivity contribution < 1.29 is 9.13 Å². The van der Waals surface area contributed by atoms with Gasteiger partial charge in [0, 0.05) is 13.7 Å². The number of benzene rings is 2. The summed E-state index contributed by atoms with van der Waals surface area (Å²) in [5.74, 6) is 2.80. The SMILES string of the molecule is CCCC1CCC(c2ccc(-c3ccc(C4CCC(CCCOC)CC4)c(F)c3)cc2)CC1. The molecule has 0 unspecified atom stereocenters. The zero-order valence-corrected chi connectivity index (χ0v) is 20.8. The lowest BCUT2D eigenvalue weighted by Crippen LogP contribution is -2.15. The summed E-state index contributed by atoms with van der Waals surface area (Å²) in [6.45, 7) is 3.16. The van der Waals surface area contributed by atoms with Crippen molar-refractivity contribution in [3.63, 3.8) is 0 Å². The Balaban J connectivity index is 1.33. The Hall–Kier alpha value is -1.67. The Labute approximate surface area is 201 Å². The minimum absolute atomic E-state index is 0.0198. The second-order valence-corrected chi connectivity index (χ2v) is 10.7. The molecule has 0 bridgehead atoms. The van der Waals surface area contributed by atoms with E-state index in [0.29, 0.717) is 11.8 Å². The molecule has 0 aliphatic heterocycles. The van der Waals surface area contributed by atoms with Crippen LogP contribution in [0.1, 0.15) is 107 Å². The van der Waals surface area contributed by atoms with Crippen molar-refractivity contribution in [1.82, 2.24) is 0 Å². The number of hydrogen-bond acceptors (Lipinski definition) is 1. The molecule has 0 amide bonds. The van der Waals surface area contributed by atoms with Crippen molar-refractivity contribution in [3.05, 3.63) is 59.4 Å². The van der Waals surface area contributed by atoms with Crippen LogP contribution in [0.2, 0.25) is 0 Å². The van der Waals surface area contributed by atoms with E-state index in [1.807, 2.05) is 0 Å². The molecule has 0 aromatic heterocycles. The molecule has 0 atom stereocenters. The van der Waals surface area contributed by atoms with Gasteiger partial charge in [0.2, 0.25) is 0 Å². The van der Waals surface area contributed by atoms with E-state index in [2.05, 4.69) is 43.3 Å². The summed E-state index contributed by atoms with van der Waals surface area (Å²) in [6, 6.07) is 14.9. The molecule has 0 saturated heterocycles. The van der Waals surface area contributed by atoms with Crippen LogP contribution in [0.4, 0.5) is 4.39 Å². The summed E-state index contributed by atoms with van der Waals surface area (Å²) in [4.78, 5) is 0. The average Bonchev–Trinajstić information content (AvgIpc) is 2.86. The van der Waals surface area contributed by atoms with Gasteiger partial charge in [-0.2, -0.15) is 0 Å². The molecule has 2 saturated carbocycles. The summed E-state index contributed by atoms with van der Waals surface area (Å²) in [7, 11) is 1.77. The number of methoxy groups -OCH3 is 1. The van der Waals surface area contributed by atoms with E-state index < -0.39 is 0 Å². The molecule has 0 N–H and O–H groups in total. The van der Waals surface area contributed by atoms with E-state index in [1.54, 1.807) is 13.2 Å². The van der Waals surface area contributed by atoms with Gasteiger partial charge in [0.05, 0.1) is 0 Å². The monoisotopic (exact) mass is 450 g/mol. The second-order valence-electron chi connectivity index (χ2n) is 10.7. The fourth-order valence-corrected chi connectivity index (χ4v) is 6.46. The molecule has 4 rings (SSSR count). The molecule has 2 heteroatoms. The molecule has 0 spiro atoms. The fourth-order valence-electron chi connectivity index (χ4n) is 6.46. The molecule has 2 aliphatic carbocycles. The van der Waals surface area contributed by atoms with Crippen LogP contribution >= 0.6 is 0 Å². The van der Waals surface area contributed by atoms with Gasteiger partial charge in [-0.15, -0.1) is 0 Å². The quantitative estimate of drug-likeness (QED) is 0.346. The molecular formula is C31H43FO. The number of hydrogen-bond donors (Lipinski definition) is 0.